The van der Waals surface area contributed by atoms with Crippen LogP contribution >= 0.6 is 15.9 Å². The van der Waals surface area contributed by atoms with E-state index < -0.39 is 0 Å². The average Bonchev–Trinajstić information content (AvgIpc) is 3.04. The topological polar surface area (TPSA) is 83.8 Å². The van der Waals surface area contributed by atoms with Crippen LogP contribution in [0.25, 0.3) is 10.9 Å². The molecule has 25 heavy (non-hydrogen) atoms. The number of aromatic nitrogens is 3. The van der Waals surface area contributed by atoms with Crippen molar-refractivity contribution in [2.45, 2.75) is 25.4 Å². The number of benzene rings is 1. The standard InChI is InChI=1S/C18H15BrN4O2/c1-24-18-13-8-12(5-6-14(13)22-23-18)25-15-4-2-3-10-7-11(9-20)17(19)21-16(10)15/h5-8,15H,2-4H2,1H3,(H,22,23)/t15-/m1/s1. The molecular formula is C18H15BrN4O2. The minimum absolute atomic E-state index is 0.136. The van der Waals surface area contributed by atoms with Gasteiger partial charge in [0.25, 0.3) is 0 Å². The Balaban J connectivity index is 1.68. The van der Waals surface area contributed by atoms with Gasteiger partial charge in [0.15, 0.2) is 0 Å². The molecule has 0 saturated heterocycles. The Morgan fingerprint density at radius 1 is 1.36 bits per heavy atom. The van der Waals surface area contributed by atoms with E-state index in [1.54, 1.807) is 7.11 Å². The zero-order chi connectivity index (χ0) is 17.4. The largest absolute Gasteiger partial charge is 0.484 e. The Bertz CT molecular complexity index is 993. The van der Waals surface area contributed by atoms with Crippen molar-refractivity contribution in [3.63, 3.8) is 0 Å². The quantitative estimate of drug-likeness (QED) is 0.672. The summed E-state index contributed by atoms with van der Waals surface area (Å²) in [5.41, 5.74) is 3.44. The number of pyridine rings is 1. The van der Waals surface area contributed by atoms with Crippen LogP contribution in [0.4, 0.5) is 0 Å². The molecule has 6 nitrogen and oxygen atoms in total. The molecule has 1 aliphatic carbocycles. The Hall–Kier alpha value is -2.59. The molecule has 0 aliphatic heterocycles. The van der Waals surface area contributed by atoms with Crippen molar-refractivity contribution >= 4 is 26.8 Å². The fourth-order valence-electron chi connectivity index (χ4n) is 3.19. The average molecular weight is 399 g/mol. The van der Waals surface area contributed by atoms with Crippen LogP contribution in [0.3, 0.4) is 0 Å². The van der Waals surface area contributed by atoms with Gasteiger partial charge in [-0.15, -0.1) is 5.10 Å². The SMILES string of the molecule is COc1n[nH]c2ccc(O[C@@H]3CCCc4cc(C#N)c(Br)nc43)cc12. The van der Waals surface area contributed by atoms with Gasteiger partial charge in [0.05, 0.1) is 29.3 Å². The number of hydrogen-bond acceptors (Lipinski definition) is 5. The molecule has 0 bridgehead atoms. The highest BCUT2D eigenvalue weighted by atomic mass is 79.9. The first-order valence-electron chi connectivity index (χ1n) is 7.98. The number of H-pyrrole nitrogens is 1. The molecule has 126 valence electrons. The van der Waals surface area contributed by atoms with E-state index in [1.807, 2.05) is 24.3 Å². The van der Waals surface area contributed by atoms with Crippen molar-refractivity contribution in [2.24, 2.45) is 0 Å². The first kappa shape index (κ1) is 15.9. The molecule has 0 amide bonds. The summed E-state index contributed by atoms with van der Waals surface area (Å²) in [4.78, 5) is 4.57. The van der Waals surface area contributed by atoms with Gasteiger partial charge in [-0.1, -0.05) is 0 Å². The van der Waals surface area contributed by atoms with Crippen molar-refractivity contribution in [3.05, 3.63) is 45.7 Å². The van der Waals surface area contributed by atoms with Crippen LogP contribution in [0, 0.1) is 11.3 Å². The molecule has 0 fully saturated rings. The minimum atomic E-state index is -0.136. The summed E-state index contributed by atoms with van der Waals surface area (Å²) in [7, 11) is 1.59. The molecule has 1 aromatic carbocycles. The van der Waals surface area contributed by atoms with Crippen molar-refractivity contribution < 1.29 is 9.47 Å². The van der Waals surface area contributed by atoms with Crippen LogP contribution < -0.4 is 9.47 Å². The third-order valence-electron chi connectivity index (χ3n) is 4.40. The van der Waals surface area contributed by atoms with Gasteiger partial charge in [-0.05, 0) is 65.0 Å². The predicted molar refractivity (Wildman–Crippen MR) is 95.6 cm³/mol. The predicted octanol–water partition coefficient (Wildman–Crippen LogP) is 4.06. The molecular weight excluding hydrogens is 384 g/mol. The van der Waals surface area contributed by atoms with E-state index in [9.17, 15) is 5.26 Å². The van der Waals surface area contributed by atoms with Gasteiger partial charge >= 0.3 is 0 Å². The monoisotopic (exact) mass is 398 g/mol. The molecule has 0 unspecified atom stereocenters. The van der Waals surface area contributed by atoms with Crippen molar-refractivity contribution in [1.82, 2.24) is 15.2 Å². The highest BCUT2D eigenvalue weighted by molar-refractivity contribution is 9.10. The van der Waals surface area contributed by atoms with Gasteiger partial charge in [-0.3, -0.25) is 5.10 Å². The van der Waals surface area contributed by atoms with Gasteiger partial charge in [-0.2, -0.15) is 5.26 Å². The molecule has 0 saturated carbocycles. The van der Waals surface area contributed by atoms with Crippen LogP contribution in [-0.4, -0.2) is 22.3 Å². The van der Waals surface area contributed by atoms with E-state index in [0.29, 0.717) is 16.0 Å². The lowest BCUT2D eigenvalue weighted by Gasteiger charge is -2.25. The van der Waals surface area contributed by atoms with Crippen LogP contribution in [0.1, 0.15) is 35.8 Å². The van der Waals surface area contributed by atoms with E-state index in [1.165, 1.54) is 0 Å². The summed E-state index contributed by atoms with van der Waals surface area (Å²) in [5, 5.41) is 17.1. The summed E-state index contributed by atoms with van der Waals surface area (Å²) >= 11 is 3.38. The molecule has 1 aliphatic rings. The second-order valence-corrected chi connectivity index (χ2v) is 6.67. The number of methoxy groups -OCH3 is 1. The van der Waals surface area contributed by atoms with Crippen LogP contribution in [0.2, 0.25) is 0 Å². The molecule has 4 rings (SSSR count). The van der Waals surface area contributed by atoms with Gasteiger partial charge in [0.1, 0.15) is 22.5 Å². The Morgan fingerprint density at radius 2 is 2.24 bits per heavy atom. The zero-order valence-corrected chi connectivity index (χ0v) is 15.1. The van der Waals surface area contributed by atoms with E-state index >= 15 is 0 Å². The molecule has 0 radical (unpaired) electrons. The third-order valence-corrected chi connectivity index (χ3v) is 5.00. The number of aromatic amines is 1. The number of hydrogen-bond donors (Lipinski definition) is 1. The number of nitrogens with one attached hydrogen (secondary N) is 1. The maximum Gasteiger partial charge on any atom is 0.240 e. The number of rotatable bonds is 3. The van der Waals surface area contributed by atoms with Crippen molar-refractivity contribution in [1.29, 1.82) is 5.26 Å². The maximum absolute atomic E-state index is 9.18. The number of nitrogens with zero attached hydrogens (tertiary/aromatic N) is 3. The number of aryl methyl sites for hydroxylation is 1. The van der Waals surface area contributed by atoms with Gasteiger partial charge in [0, 0.05) is 0 Å². The molecule has 0 spiro atoms. The number of ether oxygens (including phenoxy) is 2. The first-order chi connectivity index (χ1) is 12.2. The normalized spacial score (nSPS) is 16.3. The van der Waals surface area contributed by atoms with E-state index in [0.717, 1.165) is 47.2 Å². The summed E-state index contributed by atoms with van der Waals surface area (Å²) in [5.74, 6) is 1.29. The van der Waals surface area contributed by atoms with Gasteiger partial charge < -0.3 is 9.47 Å². The Morgan fingerprint density at radius 3 is 3.04 bits per heavy atom. The summed E-state index contributed by atoms with van der Waals surface area (Å²) in [6.07, 6.45) is 2.67. The summed E-state index contributed by atoms with van der Waals surface area (Å²) in [6.45, 7) is 0. The Kier molecular flexibility index (Phi) is 4.06. The number of halogens is 1. The van der Waals surface area contributed by atoms with Crippen molar-refractivity contribution in [3.8, 4) is 17.7 Å². The fraction of sp³-hybridized carbons (Fsp3) is 0.278. The smallest absolute Gasteiger partial charge is 0.240 e. The fourth-order valence-corrected chi connectivity index (χ4v) is 3.59. The molecule has 1 N–H and O–H groups in total. The number of fused-ring (bicyclic) bond motifs is 2. The van der Waals surface area contributed by atoms with Crippen LogP contribution in [-0.2, 0) is 6.42 Å². The number of nitriles is 1. The highest BCUT2D eigenvalue weighted by Gasteiger charge is 2.25. The lowest BCUT2D eigenvalue weighted by molar-refractivity contribution is 0.178. The maximum atomic E-state index is 9.18. The second kappa shape index (κ2) is 6.37. The highest BCUT2D eigenvalue weighted by Crippen LogP contribution is 2.36. The summed E-state index contributed by atoms with van der Waals surface area (Å²) < 4.78 is 12.1. The van der Waals surface area contributed by atoms with Crippen LogP contribution in [0.15, 0.2) is 28.9 Å². The van der Waals surface area contributed by atoms with E-state index in [2.05, 4.69) is 37.2 Å². The lowest BCUT2D eigenvalue weighted by atomic mass is 9.93. The minimum Gasteiger partial charge on any atom is -0.484 e. The summed E-state index contributed by atoms with van der Waals surface area (Å²) in [6, 6.07) is 9.83. The van der Waals surface area contributed by atoms with E-state index in [4.69, 9.17) is 9.47 Å². The van der Waals surface area contributed by atoms with Gasteiger partial charge in [0.2, 0.25) is 5.88 Å². The molecule has 2 aromatic heterocycles. The second-order valence-electron chi connectivity index (χ2n) is 5.92. The molecule has 1 atom stereocenters. The molecule has 2 heterocycles. The molecule has 7 heteroatoms. The zero-order valence-electron chi connectivity index (χ0n) is 13.5. The first-order valence-corrected chi connectivity index (χ1v) is 8.77. The third kappa shape index (κ3) is 2.83. The van der Waals surface area contributed by atoms with Gasteiger partial charge in [-0.25, -0.2) is 4.98 Å². The van der Waals surface area contributed by atoms with Crippen molar-refractivity contribution in [2.75, 3.05) is 7.11 Å². The Labute approximate surface area is 152 Å². The van der Waals surface area contributed by atoms with E-state index in [-0.39, 0.29) is 6.10 Å². The lowest BCUT2D eigenvalue weighted by Crippen LogP contribution is -2.17. The van der Waals surface area contributed by atoms with Crippen LogP contribution in [0.5, 0.6) is 11.6 Å². The molecule has 3 aromatic rings.